The lowest BCUT2D eigenvalue weighted by Crippen LogP contribution is -2.48. The summed E-state index contributed by atoms with van der Waals surface area (Å²) in [5, 5.41) is 3.37. The maximum absolute atomic E-state index is 14.2. The lowest BCUT2D eigenvalue weighted by molar-refractivity contribution is -0.137. The minimum absolute atomic E-state index is 0.107. The highest BCUT2D eigenvalue weighted by molar-refractivity contribution is 5.89. The van der Waals surface area contributed by atoms with Crippen molar-refractivity contribution in [3.8, 4) is 0 Å². The monoisotopic (exact) mass is 290 g/mol. The largest absolute Gasteiger partial charge is 0.318 e. The van der Waals surface area contributed by atoms with Gasteiger partial charge >= 0.3 is 0 Å². The highest BCUT2D eigenvalue weighted by Crippen LogP contribution is 2.42. The van der Waals surface area contributed by atoms with E-state index in [1.807, 2.05) is 24.8 Å². The van der Waals surface area contributed by atoms with Crippen molar-refractivity contribution >= 4 is 5.91 Å². The molecule has 0 spiro atoms. The van der Waals surface area contributed by atoms with Crippen LogP contribution in [0.15, 0.2) is 24.3 Å². The van der Waals surface area contributed by atoms with Crippen molar-refractivity contribution in [3.05, 3.63) is 35.6 Å². The number of hydrogen-bond donors (Lipinski definition) is 1. The zero-order valence-corrected chi connectivity index (χ0v) is 12.9. The summed E-state index contributed by atoms with van der Waals surface area (Å²) < 4.78 is 14.2. The number of nitrogens with zero attached hydrogens (tertiary/aromatic N) is 1. The third-order valence-corrected chi connectivity index (χ3v) is 5.09. The predicted octanol–water partition coefficient (Wildman–Crippen LogP) is 3.22. The summed E-state index contributed by atoms with van der Waals surface area (Å²) in [5.41, 5.74) is -0.0197. The van der Waals surface area contributed by atoms with Crippen molar-refractivity contribution in [1.82, 2.24) is 10.2 Å². The van der Waals surface area contributed by atoms with E-state index in [2.05, 4.69) is 12.2 Å². The smallest absolute Gasteiger partial charge is 0.244 e. The predicted molar refractivity (Wildman–Crippen MR) is 80.0 cm³/mol. The fourth-order valence-electron chi connectivity index (χ4n) is 3.48. The number of hydrogen-bond acceptors (Lipinski definition) is 2. The Morgan fingerprint density at radius 2 is 2.05 bits per heavy atom. The maximum atomic E-state index is 14.2. The molecule has 1 saturated carbocycles. The first-order valence-corrected chi connectivity index (χ1v) is 7.81. The summed E-state index contributed by atoms with van der Waals surface area (Å²) in [7, 11) is 0. The summed E-state index contributed by atoms with van der Waals surface area (Å²) in [6.07, 6.45) is 2.38. The molecule has 1 aliphatic carbocycles. The van der Waals surface area contributed by atoms with E-state index in [1.54, 1.807) is 12.1 Å². The Kier molecular flexibility index (Phi) is 3.52. The van der Waals surface area contributed by atoms with Gasteiger partial charge in [0.05, 0.1) is 5.54 Å². The lowest BCUT2D eigenvalue weighted by atomic mass is 9.80. The average Bonchev–Trinajstić information content (AvgIpc) is 2.69. The molecule has 0 aromatic heterocycles. The molecule has 0 bridgehead atoms. The molecule has 1 heterocycles. The average molecular weight is 290 g/mol. The molecule has 114 valence electrons. The molecule has 2 fully saturated rings. The van der Waals surface area contributed by atoms with Crippen LogP contribution >= 0.6 is 0 Å². The summed E-state index contributed by atoms with van der Waals surface area (Å²) in [6, 6.07) is 6.98. The van der Waals surface area contributed by atoms with Gasteiger partial charge in [0.15, 0.2) is 0 Å². The standard InChI is InChI=1S/C17H23FN2O/c1-4-17(3)16(21)20(12-9-11(2)10-12)15(19-17)13-7-5-6-8-14(13)18/h5-8,11-12,15,19H,4,9-10H2,1-3H3. The summed E-state index contributed by atoms with van der Waals surface area (Å²) >= 11 is 0. The Morgan fingerprint density at radius 3 is 2.62 bits per heavy atom. The molecule has 1 saturated heterocycles. The van der Waals surface area contributed by atoms with Crippen LogP contribution in [0.3, 0.4) is 0 Å². The van der Waals surface area contributed by atoms with Crippen molar-refractivity contribution in [2.45, 2.75) is 57.8 Å². The first-order chi connectivity index (χ1) is 9.96. The van der Waals surface area contributed by atoms with E-state index in [0.29, 0.717) is 17.9 Å². The van der Waals surface area contributed by atoms with Crippen LogP contribution in [0, 0.1) is 11.7 Å². The van der Waals surface area contributed by atoms with Gasteiger partial charge in [0.1, 0.15) is 12.0 Å². The van der Waals surface area contributed by atoms with E-state index < -0.39 is 5.54 Å². The van der Waals surface area contributed by atoms with Crippen molar-refractivity contribution in [2.75, 3.05) is 0 Å². The van der Waals surface area contributed by atoms with Gasteiger partial charge in [0.25, 0.3) is 0 Å². The number of nitrogens with one attached hydrogen (secondary N) is 1. The number of rotatable bonds is 3. The molecule has 3 nitrogen and oxygen atoms in total. The van der Waals surface area contributed by atoms with Gasteiger partial charge in [0, 0.05) is 11.6 Å². The first-order valence-electron chi connectivity index (χ1n) is 7.81. The van der Waals surface area contributed by atoms with Crippen molar-refractivity contribution in [3.63, 3.8) is 0 Å². The molecule has 1 aromatic carbocycles. The molecule has 1 aliphatic heterocycles. The molecule has 21 heavy (non-hydrogen) atoms. The molecule has 1 aromatic rings. The van der Waals surface area contributed by atoms with Gasteiger partial charge in [0.2, 0.25) is 5.91 Å². The van der Waals surface area contributed by atoms with E-state index in [9.17, 15) is 9.18 Å². The van der Waals surface area contributed by atoms with E-state index in [4.69, 9.17) is 0 Å². The highest BCUT2D eigenvalue weighted by atomic mass is 19.1. The van der Waals surface area contributed by atoms with Crippen LogP contribution in [-0.2, 0) is 4.79 Å². The molecule has 1 N–H and O–H groups in total. The quantitative estimate of drug-likeness (QED) is 0.927. The van der Waals surface area contributed by atoms with Crippen LogP contribution in [-0.4, -0.2) is 22.4 Å². The van der Waals surface area contributed by atoms with Crippen LogP contribution in [0.1, 0.15) is 51.8 Å². The Hall–Kier alpha value is -1.42. The van der Waals surface area contributed by atoms with Gasteiger partial charge in [-0.25, -0.2) is 4.39 Å². The zero-order valence-electron chi connectivity index (χ0n) is 12.9. The van der Waals surface area contributed by atoms with Gasteiger partial charge in [-0.2, -0.15) is 0 Å². The normalized spacial score (nSPS) is 35.9. The minimum Gasteiger partial charge on any atom is -0.318 e. The second-order valence-electron chi connectivity index (χ2n) is 6.70. The van der Waals surface area contributed by atoms with Crippen molar-refractivity contribution < 1.29 is 9.18 Å². The summed E-state index contributed by atoms with van der Waals surface area (Å²) in [6.45, 7) is 6.11. The van der Waals surface area contributed by atoms with Gasteiger partial charge in [-0.05, 0) is 38.2 Å². The third kappa shape index (κ3) is 2.26. The molecule has 1 amide bonds. The highest BCUT2D eigenvalue weighted by Gasteiger charge is 2.52. The Balaban J connectivity index is 1.97. The van der Waals surface area contributed by atoms with E-state index in [0.717, 1.165) is 12.8 Å². The second kappa shape index (κ2) is 5.09. The number of carbonyl (C=O) groups is 1. The van der Waals surface area contributed by atoms with Crippen molar-refractivity contribution in [1.29, 1.82) is 0 Å². The molecular formula is C17H23FN2O. The third-order valence-electron chi connectivity index (χ3n) is 5.09. The van der Waals surface area contributed by atoms with E-state index in [1.165, 1.54) is 6.07 Å². The molecular weight excluding hydrogens is 267 g/mol. The first kappa shape index (κ1) is 14.5. The van der Waals surface area contributed by atoms with Crippen molar-refractivity contribution in [2.24, 2.45) is 5.92 Å². The van der Waals surface area contributed by atoms with Crippen LogP contribution in [0.2, 0.25) is 0 Å². The molecule has 4 heteroatoms. The van der Waals surface area contributed by atoms with E-state index >= 15 is 0 Å². The number of halogens is 1. The van der Waals surface area contributed by atoms with E-state index in [-0.39, 0.29) is 23.9 Å². The van der Waals surface area contributed by atoms with Gasteiger partial charge in [-0.3, -0.25) is 10.1 Å². The Bertz CT molecular complexity index is 555. The van der Waals surface area contributed by atoms with Gasteiger partial charge < -0.3 is 4.90 Å². The summed E-state index contributed by atoms with van der Waals surface area (Å²) in [4.78, 5) is 14.7. The topological polar surface area (TPSA) is 32.3 Å². The zero-order chi connectivity index (χ0) is 15.2. The second-order valence-corrected chi connectivity index (χ2v) is 6.70. The minimum atomic E-state index is -0.591. The SMILES string of the molecule is CCC1(C)NC(c2ccccc2F)N(C2CC(C)C2)C1=O. The van der Waals surface area contributed by atoms with Gasteiger partial charge in [-0.15, -0.1) is 0 Å². The molecule has 2 unspecified atom stereocenters. The van der Waals surface area contributed by atoms with Crippen LogP contribution in [0.4, 0.5) is 4.39 Å². The molecule has 2 aliphatic rings. The van der Waals surface area contributed by atoms with Crippen LogP contribution < -0.4 is 5.32 Å². The number of carbonyl (C=O) groups excluding carboxylic acids is 1. The van der Waals surface area contributed by atoms with Crippen LogP contribution in [0.25, 0.3) is 0 Å². The number of benzene rings is 1. The maximum Gasteiger partial charge on any atom is 0.244 e. The molecule has 0 radical (unpaired) electrons. The Morgan fingerprint density at radius 1 is 1.38 bits per heavy atom. The molecule has 3 rings (SSSR count). The fourth-order valence-corrected chi connectivity index (χ4v) is 3.48. The summed E-state index contributed by atoms with van der Waals surface area (Å²) in [5.74, 6) is 0.508. The molecule has 2 atom stereocenters. The number of amides is 1. The van der Waals surface area contributed by atoms with Crippen LogP contribution in [0.5, 0.6) is 0 Å². The lowest BCUT2D eigenvalue weighted by Gasteiger charge is -2.42. The van der Waals surface area contributed by atoms with Gasteiger partial charge in [-0.1, -0.05) is 32.0 Å². The fraction of sp³-hybridized carbons (Fsp3) is 0.588. The Labute approximate surface area is 125 Å².